The summed E-state index contributed by atoms with van der Waals surface area (Å²) in [4.78, 5) is 0. The highest BCUT2D eigenvalue weighted by molar-refractivity contribution is 5.86. The fraction of sp³-hybridized carbons (Fsp3) is 0.200. The van der Waals surface area contributed by atoms with Crippen LogP contribution in [0, 0.1) is 0 Å². The molecule has 4 nitrogen and oxygen atoms in total. The van der Waals surface area contributed by atoms with Crippen LogP contribution in [-0.4, -0.2) is 21.3 Å². The summed E-state index contributed by atoms with van der Waals surface area (Å²) in [5.41, 5.74) is 2.78. The molecule has 3 aromatic rings. The van der Waals surface area contributed by atoms with Crippen LogP contribution < -0.4 is 14.2 Å². The van der Waals surface area contributed by atoms with Crippen molar-refractivity contribution >= 4 is 17.0 Å². The molecule has 0 fully saturated rings. The van der Waals surface area contributed by atoms with Gasteiger partial charge in [0.1, 0.15) is 17.1 Å². The number of methoxy groups -OCH3 is 3. The lowest BCUT2D eigenvalue weighted by atomic mass is 10.1. The van der Waals surface area contributed by atoms with Gasteiger partial charge in [0.2, 0.25) is 0 Å². The van der Waals surface area contributed by atoms with Gasteiger partial charge in [0, 0.05) is 11.5 Å². The second kappa shape index (κ2) is 6.71. The van der Waals surface area contributed by atoms with Crippen molar-refractivity contribution in [3.05, 3.63) is 48.0 Å². The maximum Gasteiger partial charge on any atom is 0.164 e. The zero-order valence-electron chi connectivity index (χ0n) is 14.3. The molecule has 0 aliphatic carbocycles. The molecule has 2 aromatic carbocycles. The second-order valence-electron chi connectivity index (χ2n) is 5.32. The molecule has 0 saturated carbocycles. The first-order chi connectivity index (χ1) is 11.7. The Morgan fingerprint density at radius 2 is 1.54 bits per heavy atom. The maximum absolute atomic E-state index is 6.00. The molecule has 0 saturated heterocycles. The quantitative estimate of drug-likeness (QED) is 0.650. The van der Waals surface area contributed by atoms with E-state index in [0.29, 0.717) is 17.2 Å². The smallest absolute Gasteiger partial charge is 0.164 e. The lowest BCUT2D eigenvalue weighted by Gasteiger charge is -2.12. The Labute approximate surface area is 141 Å². The second-order valence-corrected chi connectivity index (χ2v) is 5.32. The number of hydrogen-bond donors (Lipinski definition) is 0. The summed E-state index contributed by atoms with van der Waals surface area (Å²) >= 11 is 0. The molecule has 0 amide bonds. The van der Waals surface area contributed by atoms with Crippen LogP contribution in [0.3, 0.4) is 0 Å². The van der Waals surface area contributed by atoms with Gasteiger partial charge in [0.05, 0.1) is 26.9 Å². The molecule has 0 radical (unpaired) electrons. The van der Waals surface area contributed by atoms with Gasteiger partial charge in [0.25, 0.3) is 0 Å². The number of fused-ring (bicyclic) bond motifs is 1. The van der Waals surface area contributed by atoms with E-state index in [4.69, 9.17) is 18.6 Å². The van der Waals surface area contributed by atoms with Gasteiger partial charge < -0.3 is 18.6 Å². The Balaban J connectivity index is 2.15. The fourth-order valence-electron chi connectivity index (χ4n) is 2.71. The Kier molecular flexibility index (Phi) is 4.47. The van der Waals surface area contributed by atoms with E-state index in [1.165, 1.54) is 0 Å². The van der Waals surface area contributed by atoms with Crippen molar-refractivity contribution in [3.63, 3.8) is 0 Å². The van der Waals surface area contributed by atoms with Crippen molar-refractivity contribution in [2.75, 3.05) is 21.3 Å². The molecule has 0 aliphatic heterocycles. The number of hydrogen-bond acceptors (Lipinski definition) is 4. The monoisotopic (exact) mass is 324 g/mol. The molecule has 1 heterocycles. The van der Waals surface area contributed by atoms with E-state index in [2.05, 4.69) is 12.1 Å². The van der Waals surface area contributed by atoms with Gasteiger partial charge in [-0.2, -0.15) is 0 Å². The molecule has 3 rings (SSSR count). The fourth-order valence-corrected chi connectivity index (χ4v) is 2.71. The third-order valence-electron chi connectivity index (χ3n) is 3.87. The average molecular weight is 324 g/mol. The maximum atomic E-state index is 6.00. The first-order valence-electron chi connectivity index (χ1n) is 7.66. The average Bonchev–Trinajstić information content (AvgIpc) is 3.03. The van der Waals surface area contributed by atoms with Gasteiger partial charge in [0.15, 0.2) is 11.5 Å². The SMILES string of the molecule is C/C=C/c1ccc2oc(-c3cc(OC)c(OC)cc3OC)cc2c1. The minimum absolute atomic E-state index is 0.615. The van der Waals surface area contributed by atoms with Gasteiger partial charge >= 0.3 is 0 Å². The van der Waals surface area contributed by atoms with Crippen molar-refractivity contribution in [3.8, 4) is 28.6 Å². The summed E-state index contributed by atoms with van der Waals surface area (Å²) in [5, 5.41) is 1.04. The molecule has 0 N–H and O–H groups in total. The Hall–Kier alpha value is -2.88. The summed E-state index contributed by atoms with van der Waals surface area (Å²) in [6.45, 7) is 2.00. The summed E-state index contributed by atoms with van der Waals surface area (Å²) in [6.07, 6.45) is 4.07. The largest absolute Gasteiger partial charge is 0.496 e. The zero-order valence-corrected chi connectivity index (χ0v) is 14.3. The van der Waals surface area contributed by atoms with E-state index in [1.807, 2.05) is 37.3 Å². The third-order valence-corrected chi connectivity index (χ3v) is 3.87. The minimum atomic E-state index is 0.615. The number of allylic oxidation sites excluding steroid dienone is 1. The molecular weight excluding hydrogens is 304 g/mol. The Bertz CT molecular complexity index is 890. The van der Waals surface area contributed by atoms with E-state index in [-0.39, 0.29) is 0 Å². The van der Waals surface area contributed by atoms with Crippen LogP contribution in [0.2, 0.25) is 0 Å². The first-order valence-corrected chi connectivity index (χ1v) is 7.66. The van der Waals surface area contributed by atoms with Gasteiger partial charge in [-0.1, -0.05) is 18.2 Å². The van der Waals surface area contributed by atoms with Crippen LogP contribution in [0.15, 0.2) is 46.9 Å². The standard InChI is InChI=1S/C20H20O4/c1-5-6-13-7-8-16-14(9-13)10-18(24-16)15-11-19(22-3)20(23-4)12-17(15)21-2/h5-12H,1-4H3/b6-5+. The topological polar surface area (TPSA) is 40.8 Å². The van der Waals surface area contributed by atoms with E-state index >= 15 is 0 Å². The Morgan fingerprint density at radius 1 is 0.833 bits per heavy atom. The van der Waals surface area contributed by atoms with Crippen LogP contribution >= 0.6 is 0 Å². The zero-order chi connectivity index (χ0) is 17.1. The van der Waals surface area contributed by atoms with E-state index in [0.717, 1.165) is 27.9 Å². The highest BCUT2D eigenvalue weighted by Crippen LogP contribution is 2.41. The number of rotatable bonds is 5. The summed E-state index contributed by atoms with van der Waals surface area (Å²) < 4.78 is 22.2. The highest BCUT2D eigenvalue weighted by Gasteiger charge is 2.16. The van der Waals surface area contributed by atoms with E-state index < -0.39 is 0 Å². The predicted octanol–water partition coefficient (Wildman–Crippen LogP) is 5.16. The van der Waals surface area contributed by atoms with Crippen LogP contribution in [0.1, 0.15) is 12.5 Å². The van der Waals surface area contributed by atoms with Gasteiger partial charge in [-0.3, -0.25) is 0 Å². The number of benzene rings is 2. The van der Waals surface area contributed by atoms with Gasteiger partial charge in [-0.15, -0.1) is 0 Å². The third kappa shape index (κ3) is 2.83. The van der Waals surface area contributed by atoms with Crippen LogP contribution in [0.25, 0.3) is 28.4 Å². The molecule has 0 spiro atoms. The molecule has 24 heavy (non-hydrogen) atoms. The molecule has 0 unspecified atom stereocenters. The predicted molar refractivity (Wildman–Crippen MR) is 96.0 cm³/mol. The summed E-state index contributed by atoms with van der Waals surface area (Å²) in [5.74, 6) is 2.63. The minimum Gasteiger partial charge on any atom is -0.496 e. The lowest BCUT2D eigenvalue weighted by molar-refractivity contribution is 0.349. The molecule has 0 aliphatic rings. The molecular formula is C20H20O4. The van der Waals surface area contributed by atoms with Crippen LogP contribution in [0.5, 0.6) is 17.2 Å². The summed E-state index contributed by atoms with van der Waals surface area (Å²) in [6, 6.07) is 11.8. The normalized spacial score (nSPS) is 11.2. The number of furan rings is 1. The van der Waals surface area contributed by atoms with Gasteiger partial charge in [-0.25, -0.2) is 0 Å². The highest BCUT2D eigenvalue weighted by atomic mass is 16.5. The van der Waals surface area contributed by atoms with E-state index in [9.17, 15) is 0 Å². The molecule has 0 atom stereocenters. The van der Waals surface area contributed by atoms with Crippen molar-refractivity contribution in [2.45, 2.75) is 6.92 Å². The molecule has 0 bridgehead atoms. The van der Waals surface area contributed by atoms with Crippen molar-refractivity contribution in [1.82, 2.24) is 0 Å². The van der Waals surface area contributed by atoms with Gasteiger partial charge in [-0.05, 0) is 36.8 Å². The van der Waals surface area contributed by atoms with Crippen LogP contribution in [-0.2, 0) is 0 Å². The van der Waals surface area contributed by atoms with Crippen molar-refractivity contribution < 1.29 is 18.6 Å². The molecule has 4 heteroatoms. The van der Waals surface area contributed by atoms with E-state index in [1.54, 1.807) is 27.4 Å². The number of ether oxygens (including phenoxy) is 3. The van der Waals surface area contributed by atoms with Crippen LogP contribution in [0.4, 0.5) is 0 Å². The molecule has 124 valence electrons. The van der Waals surface area contributed by atoms with Crippen molar-refractivity contribution in [1.29, 1.82) is 0 Å². The first kappa shape index (κ1) is 16.0. The lowest BCUT2D eigenvalue weighted by Crippen LogP contribution is -1.94. The molecule has 1 aromatic heterocycles. The Morgan fingerprint density at radius 3 is 2.21 bits per heavy atom. The van der Waals surface area contributed by atoms with Crippen molar-refractivity contribution in [2.24, 2.45) is 0 Å². The summed E-state index contributed by atoms with van der Waals surface area (Å²) in [7, 11) is 4.83.